The monoisotopic (exact) mass is 277 g/mol. The SMILES string of the molecule is NC(=O)NCC(=O)OC1(c2ccccc2)CCNCC1. The number of rotatable bonds is 4. The average molecular weight is 277 g/mol. The van der Waals surface area contributed by atoms with Crippen LogP contribution in [-0.4, -0.2) is 31.6 Å². The smallest absolute Gasteiger partial charge is 0.326 e. The van der Waals surface area contributed by atoms with E-state index in [1.165, 1.54) is 0 Å². The molecule has 0 bridgehead atoms. The molecule has 6 heteroatoms. The molecule has 0 aromatic heterocycles. The van der Waals surface area contributed by atoms with Gasteiger partial charge in [0.15, 0.2) is 0 Å². The van der Waals surface area contributed by atoms with E-state index in [2.05, 4.69) is 10.6 Å². The van der Waals surface area contributed by atoms with Crippen molar-refractivity contribution in [1.29, 1.82) is 0 Å². The van der Waals surface area contributed by atoms with Crippen LogP contribution in [0.5, 0.6) is 0 Å². The van der Waals surface area contributed by atoms with Crippen molar-refractivity contribution in [3.8, 4) is 0 Å². The van der Waals surface area contributed by atoms with E-state index >= 15 is 0 Å². The van der Waals surface area contributed by atoms with Gasteiger partial charge in [0, 0.05) is 12.8 Å². The van der Waals surface area contributed by atoms with Crippen molar-refractivity contribution in [1.82, 2.24) is 10.6 Å². The summed E-state index contributed by atoms with van der Waals surface area (Å²) < 4.78 is 5.67. The number of carbonyl (C=O) groups is 2. The topological polar surface area (TPSA) is 93.5 Å². The second-order valence-corrected chi connectivity index (χ2v) is 4.80. The molecule has 0 aliphatic carbocycles. The molecule has 0 radical (unpaired) electrons. The zero-order chi connectivity index (χ0) is 14.4. The van der Waals surface area contributed by atoms with Gasteiger partial charge in [-0.1, -0.05) is 30.3 Å². The highest BCUT2D eigenvalue weighted by Crippen LogP contribution is 2.34. The van der Waals surface area contributed by atoms with Crippen LogP contribution >= 0.6 is 0 Å². The number of carbonyl (C=O) groups excluding carboxylic acids is 2. The number of nitrogens with two attached hydrogens (primary N) is 1. The minimum Gasteiger partial charge on any atom is -0.453 e. The Hall–Kier alpha value is -2.08. The van der Waals surface area contributed by atoms with Gasteiger partial charge >= 0.3 is 12.0 Å². The van der Waals surface area contributed by atoms with E-state index in [0.29, 0.717) is 12.8 Å². The molecule has 1 aliphatic heterocycles. The summed E-state index contributed by atoms with van der Waals surface area (Å²) in [7, 11) is 0. The Morgan fingerprint density at radius 3 is 2.50 bits per heavy atom. The summed E-state index contributed by atoms with van der Waals surface area (Å²) in [5.41, 5.74) is 5.31. The lowest BCUT2D eigenvalue weighted by Crippen LogP contribution is -2.45. The Morgan fingerprint density at radius 2 is 1.90 bits per heavy atom. The average Bonchev–Trinajstić information content (AvgIpc) is 2.47. The lowest BCUT2D eigenvalue weighted by molar-refractivity contribution is -0.162. The first-order chi connectivity index (χ1) is 9.62. The number of benzene rings is 1. The standard InChI is InChI=1S/C14H19N3O3/c15-13(19)17-10-12(18)20-14(6-8-16-9-7-14)11-4-2-1-3-5-11/h1-5,16H,6-10H2,(H3,15,17,19). The van der Waals surface area contributed by atoms with Gasteiger partial charge in [0.05, 0.1) is 0 Å². The molecule has 2 amide bonds. The van der Waals surface area contributed by atoms with Crippen molar-refractivity contribution in [2.75, 3.05) is 19.6 Å². The molecule has 1 saturated heterocycles. The second-order valence-electron chi connectivity index (χ2n) is 4.80. The highest BCUT2D eigenvalue weighted by molar-refractivity contribution is 5.79. The van der Waals surface area contributed by atoms with Crippen molar-refractivity contribution in [3.63, 3.8) is 0 Å². The van der Waals surface area contributed by atoms with Gasteiger partial charge in [-0.05, 0) is 18.7 Å². The summed E-state index contributed by atoms with van der Waals surface area (Å²) >= 11 is 0. The van der Waals surface area contributed by atoms with Gasteiger partial charge in [-0.2, -0.15) is 0 Å². The third kappa shape index (κ3) is 3.48. The van der Waals surface area contributed by atoms with Crippen molar-refractivity contribution in [2.24, 2.45) is 5.73 Å². The van der Waals surface area contributed by atoms with Gasteiger partial charge < -0.3 is 21.1 Å². The van der Waals surface area contributed by atoms with E-state index in [-0.39, 0.29) is 6.54 Å². The number of ether oxygens (including phenoxy) is 1. The maximum atomic E-state index is 11.9. The summed E-state index contributed by atoms with van der Waals surface area (Å²) in [6, 6.07) is 8.96. The van der Waals surface area contributed by atoms with Crippen LogP contribution in [0, 0.1) is 0 Å². The Morgan fingerprint density at radius 1 is 1.25 bits per heavy atom. The lowest BCUT2D eigenvalue weighted by Gasteiger charge is -2.37. The minimum absolute atomic E-state index is 0.211. The molecule has 1 aromatic rings. The minimum atomic E-state index is -0.735. The summed E-state index contributed by atoms with van der Waals surface area (Å²) in [6.45, 7) is 1.36. The van der Waals surface area contributed by atoms with Crippen LogP contribution in [0.4, 0.5) is 4.79 Å². The first-order valence-corrected chi connectivity index (χ1v) is 6.64. The van der Waals surface area contributed by atoms with Crippen molar-refractivity contribution >= 4 is 12.0 Å². The van der Waals surface area contributed by atoms with Crippen LogP contribution in [0.2, 0.25) is 0 Å². The third-order valence-electron chi connectivity index (χ3n) is 3.43. The molecule has 1 aliphatic rings. The highest BCUT2D eigenvalue weighted by Gasteiger charge is 2.37. The largest absolute Gasteiger partial charge is 0.453 e. The molecule has 2 rings (SSSR count). The molecule has 4 N–H and O–H groups in total. The Kier molecular flexibility index (Phi) is 4.57. The summed E-state index contributed by atoms with van der Waals surface area (Å²) in [6.07, 6.45) is 1.42. The van der Waals surface area contributed by atoms with Gasteiger partial charge in [0.1, 0.15) is 12.1 Å². The molecule has 6 nitrogen and oxygen atoms in total. The molecule has 0 spiro atoms. The molecule has 0 unspecified atom stereocenters. The zero-order valence-corrected chi connectivity index (χ0v) is 11.2. The number of hydrogen-bond donors (Lipinski definition) is 3. The molecule has 1 fully saturated rings. The molecular formula is C14H19N3O3. The zero-order valence-electron chi connectivity index (χ0n) is 11.2. The van der Waals surface area contributed by atoms with Gasteiger partial charge in [-0.25, -0.2) is 4.79 Å². The first-order valence-electron chi connectivity index (χ1n) is 6.64. The van der Waals surface area contributed by atoms with E-state index in [9.17, 15) is 9.59 Å². The van der Waals surface area contributed by atoms with Crippen LogP contribution in [0.15, 0.2) is 30.3 Å². The summed E-state index contributed by atoms with van der Waals surface area (Å²) in [5, 5.41) is 5.50. The molecule has 1 aromatic carbocycles. The van der Waals surface area contributed by atoms with Crippen LogP contribution in [0.3, 0.4) is 0 Å². The van der Waals surface area contributed by atoms with E-state index in [0.717, 1.165) is 18.7 Å². The van der Waals surface area contributed by atoms with E-state index in [4.69, 9.17) is 10.5 Å². The number of nitrogens with one attached hydrogen (secondary N) is 2. The highest BCUT2D eigenvalue weighted by atomic mass is 16.6. The van der Waals surface area contributed by atoms with Crippen LogP contribution in [-0.2, 0) is 15.1 Å². The number of primary amides is 1. The fourth-order valence-corrected chi connectivity index (χ4v) is 2.44. The normalized spacial score (nSPS) is 17.2. The van der Waals surface area contributed by atoms with Crippen molar-refractivity contribution in [2.45, 2.75) is 18.4 Å². The molecular weight excluding hydrogens is 258 g/mol. The second kappa shape index (κ2) is 6.38. The Balaban J connectivity index is 2.11. The Bertz CT molecular complexity index is 470. The predicted molar refractivity (Wildman–Crippen MR) is 73.9 cm³/mol. The van der Waals surface area contributed by atoms with Gasteiger partial charge in [0.25, 0.3) is 0 Å². The van der Waals surface area contributed by atoms with E-state index in [1.807, 2.05) is 30.3 Å². The fraction of sp³-hybridized carbons (Fsp3) is 0.429. The number of piperidine rings is 1. The molecule has 0 saturated carbocycles. The molecule has 0 atom stereocenters. The van der Waals surface area contributed by atoms with Crippen LogP contribution in [0.1, 0.15) is 18.4 Å². The predicted octanol–water partition coefficient (Wildman–Crippen LogP) is 0.477. The van der Waals surface area contributed by atoms with Crippen LogP contribution < -0.4 is 16.4 Å². The quantitative estimate of drug-likeness (QED) is 0.698. The number of urea groups is 1. The Labute approximate surface area is 117 Å². The van der Waals surface area contributed by atoms with Gasteiger partial charge in [0.2, 0.25) is 0 Å². The molecule has 1 heterocycles. The maximum Gasteiger partial charge on any atom is 0.326 e. The summed E-state index contributed by atoms with van der Waals surface area (Å²) in [4.78, 5) is 22.5. The number of hydrogen-bond acceptors (Lipinski definition) is 4. The molecule has 108 valence electrons. The van der Waals surface area contributed by atoms with E-state index in [1.54, 1.807) is 0 Å². The summed E-state index contributed by atoms with van der Waals surface area (Å²) in [5.74, 6) is -0.477. The first kappa shape index (κ1) is 14.3. The fourth-order valence-electron chi connectivity index (χ4n) is 2.44. The third-order valence-corrected chi connectivity index (χ3v) is 3.43. The van der Waals surface area contributed by atoms with Crippen molar-refractivity contribution < 1.29 is 14.3 Å². The van der Waals surface area contributed by atoms with Crippen LogP contribution in [0.25, 0.3) is 0 Å². The molecule has 20 heavy (non-hydrogen) atoms. The van der Waals surface area contributed by atoms with E-state index < -0.39 is 17.6 Å². The lowest BCUT2D eigenvalue weighted by atomic mass is 9.85. The number of amides is 2. The van der Waals surface area contributed by atoms with Gasteiger partial charge in [-0.3, -0.25) is 4.79 Å². The van der Waals surface area contributed by atoms with Gasteiger partial charge in [-0.15, -0.1) is 0 Å². The maximum absolute atomic E-state index is 11.9. The van der Waals surface area contributed by atoms with Crippen molar-refractivity contribution in [3.05, 3.63) is 35.9 Å². The number of esters is 1.